The minimum Gasteiger partial charge on any atom is -0.497 e. The van der Waals surface area contributed by atoms with Crippen LogP contribution >= 0.6 is 0 Å². The van der Waals surface area contributed by atoms with E-state index in [1.165, 1.54) is 17.0 Å². The fourth-order valence-corrected chi connectivity index (χ4v) is 3.53. The SMILES string of the molecule is COc1ccc(-c2cc(=O)n(CCNC(=O)C(C)Oc3ccc(C)cc3C(C)(C)C)cn2)cc1. The van der Waals surface area contributed by atoms with Crippen molar-refractivity contribution in [3.8, 4) is 22.8 Å². The Hall–Kier alpha value is -3.61. The van der Waals surface area contributed by atoms with E-state index >= 15 is 0 Å². The molecule has 1 amide bonds. The highest BCUT2D eigenvalue weighted by atomic mass is 16.5. The highest BCUT2D eigenvalue weighted by Crippen LogP contribution is 2.32. The maximum absolute atomic E-state index is 12.6. The van der Waals surface area contributed by atoms with Crippen molar-refractivity contribution < 1.29 is 14.3 Å². The number of nitrogens with zero attached hydrogens (tertiary/aromatic N) is 2. The summed E-state index contributed by atoms with van der Waals surface area (Å²) in [6.45, 7) is 10.7. The van der Waals surface area contributed by atoms with Crippen molar-refractivity contribution in [3.63, 3.8) is 0 Å². The molecule has 0 fully saturated rings. The largest absolute Gasteiger partial charge is 0.497 e. The molecule has 34 heavy (non-hydrogen) atoms. The third-order valence-corrected chi connectivity index (χ3v) is 5.53. The Balaban J connectivity index is 1.58. The Morgan fingerprint density at radius 2 is 1.82 bits per heavy atom. The maximum Gasteiger partial charge on any atom is 0.260 e. The number of aromatic nitrogens is 2. The highest BCUT2D eigenvalue weighted by molar-refractivity contribution is 5.80. The number of ether oxygens (including phenoxy) is 2. The van der Waals surface area contributed by atoms with Gasteiger partial charge in [-0.3, -0.25) is 14.2 Å². The van der Waals surface area contributed by atoms with Gasteiger partial charge in [0.2, 0.25) is 0 Å². The van der Waals surface area contributed by atoms with E-state index in [2.05, 4.69) is 37.1 Å². The molecule has 3 aromatic rings. The van der Waals surface area contributed by atoms with Gasteiger partial charge in [0.05, 0.1) is 19.1 Å². The van der Waals surface area contributed by atoms with Crippen LogP contribution in [0.25, 0.3) is 11.3 Å². The number of hydrogen-bond donors (Lipinski definition) is 1. The van der Waals surface area contributed by atoms with Gasteiger partial charge in [-0.1, -0.05) is 38.5 Å². The van der Waals surface area contributed by atoms with Gasteiger partial charge in [-0.25, -0.2) is 4.98 Å². The van der Waals surface area contributed by atoms with E-state index in [0.29, 0.717) is 18.0 Å². The predicted molar refractivity (Wildman–Crippen MR) is 133 cm³/mol. The van der Waals surface area contributed by atoms with Crippen molar-refractivity contribution in [1.29, 1.82) is 0 Å². The van der Waals surface area contributed by atoms with E-state index in [1.807, 2.05) is 43.3 Å². The average Bonchev–Trinajstić information content (AvgIpc) is 2.80. The molecule has 1 unspecified atom stereocenters. The van der Waals surface area contributed by atoms with Crippen LogP contribution in [0.15, 0.2) is 59.7 Å². The zero-order valence-electron chi connectivity index (χ0n) is 20.7. The molecule has 0 aliphatic heterocycles. The molecule has 0 aliphatic carbocycles. The normalized spacial score (nSPS) is 12.2. The Kier molecular flexibility index (Phi) is 7.76. The first-order valence-corrected chi connectivity index (χ1v) is 11.3. The number of methoxy groups -OCH3 is 1. The molecule has 1 heterocycles. The topological polar surface area (TPSA) is 82.5 Å². The molecule has 0 spiro atoms. The number of carbonyl (C=O) groups excluding carboxylic acids is 1. The second kappa shape index (κ2) is 10.5. The van der Waals surface area contributed by atoms with Crippen LogP contribution in [0.4, 0.5) is 0 Å². The van der Waals surface area contributed by atoms with E-state index < -0.39 is 6.10 Å². The minimum absolute atomic E-state index is 0.107. The van der Waals surface area contributed by atoms with Gasteiger partial charge in [0, 0.05) is 24.7 Å². The average molecular weight is 464 g/mol. The second-order valence-electron chi connectivity index (χ2n) is 9.34. The van der Waals surface area contributed by atoms with Gasteiger partial charge in [-0.15, -0.1) is 0 Å². The number of hydrogen-bond acceptors (Lipinski definition) is 5. The smallest absolute Gasteiger partial charge is 0.260 e. The number of benzene rings is 2. The summed E-state index contributed by atoms with van der Waals surface area (Å²) < 4.78 is 12.6. The van der Waals surface area contributed by atoms with Gasteiger partial charge >= 0.3 is 0 Å². The fraction of sp³-hybridized carbons (Fsp3) is 0.370. The van der Waals surface area contributed by atoms with Crippen LogP contribution in [-0.4, -0.2) is 35.2 Å². The zero-order chi connectivity index (χ0) is 24.9. The molecule has 3 rings (SSSR count). The van der Waals surface area contributed by atoms with E-state index in [-0.39, 0.29) is 23.4 Å². The molecular weight excluding hydrogens is 430 g/mol. The molecule has 7 heteroatoms. The van der Waals surface area contributed by atoms with Crippen LogP contribution in [0.1, 0.15) is 38.8 Å². The Bertz CT molecular complexity index is 1190. The van der Waals surface area contributed by atoms with Gasteiger partial charge in [-0.2, -0.15) is 0 Å². The lowest BCUT2D eigenvalue weighted by molar-refractivity contribution is -0.127. The van der Waals surface area contributed by atoms with Crippen molar-refractivity contribution in [2.75, 3.05) is 13.7 Å². The molecule has 7 nitrogen and oxygen atoms in total. The van der Waals surface area contributed by atoms with Gasteiger partial charge in [-0.05, 0) is 55.2 Å². The Labute approximate surface area is 200 Å². The van der Waals surface area contributed by atoms with Crippen LogP contribution in [0.5, 0.6) is 11.5 Å². The standard InChI is InChI=1S/C27H33N3O4/c1-18-7-12-24(22(15-18)27(3,4)5)34-19(2)26(32)28-13-14-30-17-29-23(16-25(30)31)20-8-10-21(33-6)11-9-20/h7-12,15-17,19H,13-14H2,1-6H3,(H,28,32). The first kappa shape index (κ1) is 25.0. The van der Waals surface area contributed by atoms with Crippen LogP contribution in [0.3, 0.4) is 0 Å². The number of carbonyl (C=O) groups is 1. The first-order chi connectivity index (χ1) is 16.1. The summed E-state index contributed by atoms with van der Waals surface area (Å²) in [7, 11) is 1.60. The molecule has 0 saturated heterocycles. The van der Waals surface area contributed by atoms with Crippen molar-refractivity contribution in [1.82, 2.24) is 14.9 Å². The number of rotatable bonds is 8. The lowest BCUT2D eigenvalue weighted by Crippen LogP contribution is -2.39. The van der Waals surface area contributed by atoms with E-state index in [1.54, 1.807) is 14.0 Å². The molecule has 180 valence electrons. The van der Waals surface area contributed by atoms with Gasteiger partial charge in [0.15, 0.2) is 6.10 Å². The van der Waals surface area contributed by atoms with Crippen LogP contribution < -0.4 is 20.3 Å². The highest BCUT2D eigenvalue weighted by Gasteiger charge is 2.22. The van der Waals surface area contributed by atoms with Crippen molar-refractivity contribution in [2.24, 2.45) is 0 Å². The first-order valence-electron chi connectivity index (χ1n) is 11.3. The van der Waals surface area contributed by atoms with Gasteiger partial charge in [0.1, 0.15) is 11.5 Å². The predicted octanol–water partition coefficient (Wildman–Crippen LogP) is 4.11. The van der Waals surface area contributed by atoms with Gasteiger partial charge in [0.25, 0.3) is 11.5 Å². The summed E-state index contributed by atoms with van der Waals surface area (Å²) in [5.74, 6) is 1.20. The lowest BCUT2D eigenvalue weighted by atomic mass is 9.85. The molecule has 1 atom stereocenters. The number of nitrogens with one attached hydrogen (secondary N) is 1. The molecule has 0 saturated carbocycles. The molecule has 0 radical (unpaired) electrons. The third-order valence-electron chi connectivity index (χ3n) is 5.53. The van der Waals surface area contributed by atoms with Gasteiger partial charge < -0.3 is 14.8 Å². The molecule has 2 aromatic carbocycles. The fourth-order valence-electron chi connectivity index (χ4n) is 3.53. The van der Waals surface area contributed by atoms with Crippen molar-refractivity contribution >= 4 is 5.91 Å². The zero-order valence-corrected chi connectivity index (χ0v) is 20.7. The Morgan fingerprint density at radius 1 is 1.12 bits per heavy atom. The van der Waals surface area contributed by atoms with Crippen LogP contribution in [0.2, 0.25) is 0 Å². The summed E-state index contributed by atoms with van der Waals surface area (Å²) in [4.78, 5) is 29.5. The molecule has 0 bridgehead atoms. The maximum atomic E-state index is 12.6. The molecule has 0 aliphatic rings. The summed E-state index contributed by atoms with van der Waals surface area (Å²) >= 11 is 0. The summed E-state index contributed by atoms with van der Waals surface area (Å²) in [6.07, 6.45) is 0.826. The third kappa shape index (κ3) is 6.25. The molecule has 1 N–H and O–H groups in total. The van der Waals surface area contributed by atoms with E-state index in [0.717, 1.165) is 22.4 Å². The summed E-state index contributed by atoms with van der Waals surface area (Å²) in [5.41, 5.74) is 3.32. The van der Waals surface area contributed by atoms with Crippen LogP contribution in [-0.2, 0) is 16.8 Å². The van der Waals surface area contributed by atoms with Crippen molar-refractivity contribution in [2.45, 2.75) is 52.7 Å². The lowest BCUT2D eigenvalue weighted by Gasteiger charge is -2.25. The van der Waals surface area contributed by atoms with E-state index in [9.17, 15) is 9.59 Å². The second-order valence-corrected chi connectivity index (χ2v) is 9.34. The summed E-state index contributed by atoms with van der Waals surface area (Å²) in [6, 6.07) is 14.8. The van der Waals surface area contributed by atoms with Crippen molar-refractivity contribution in [3.05, 3.63) is 76.3 Å². The summed E-state index contributed by atoms with van der Waals surface area (Å²) in [5, 5.41) is 2.84. The van der Waals surface area contributed by atoms with Crippen LogP contribution in [0, 0.1) is 6.92 Å². The quantitative estimate of drug-likeness (QED) is 0.544. The monoisotopic (exact) mass is 463 g/mol. The number of aryl methyl sites for hydroxylation is 1. The van der Waals surface area contributed by atoms with E-state index in [4.69, 9.17) is 9.47 Å². The molecular formula is C27H33N3O4. The number of amides is 1. The molecule has 1 aromatic heterocycles. The Morgan fingerprint density at radius 3 is 2.44 bits per heavy atom. The minimum atomic E-state index is -0.670.